The summed E-state index contributed by atoms with van der Waals surface area (Å²) in [6, 6.07) is 13.7. The van der Waals surface area contributed by atoms with Crippen LogP contribution >= 0.6 is 0 Å². The summed E-state index contributed by atoms with van der Waals surface area (Å²) in [5, 5.41) is 0. The quantitative estimate of drug-likeness (QED) is 0.673. The molecule has 0 aromatic heterocycles. The highest BCUT2D eigenvalue weighted by molar-refractivity contribution is 5.64. The fourth-order valence-corrected chi connectivity index (χ4v) is 1.58. The Kier molecular flexibility index (Phi) is 3.20. The summed E-state index contributed by atoms with van der Waals surface area (Å²) in [4.78, 5) is 0. The van der Waals surface area contributed by atoms with E-state index in [0.29, 0.717) is 0 Å². The molecule has 0 saturated heterocycles. The number of benzene rings is 2. The van der Waals surface area contributed by atoms with E-state index in [2.05, 4.69) is 5.92 Å². The topological polar surface area (TPSA) is 0 Å². The van der Waals surface area contributed by atoms with E-state index in [9.17, 15) is 8.78 Å². The van der Waals surface area contributed by atoms with Crippen molar-refractivity contribution in [1.29, 1.82) is 0 Å². The molecule has 84 valence electrons. The third kappa shape index (κ3) is 2.51. The fourth-order valence-electron chi connectivity index (χ4n) is 1.58. The second-order valence-corrected chi connectivity index (χ2v) is 3.64. The van der Waals surface area contributed by atoms with Gasteiger partial charge in [0.05, 0.1) is 0 Å². The minimum Gasteiger partial charge on any atom is -0.205 e. The van der Waals surface area contributed by atoms with E-state index in [1.165, 1.54) is 12.1 Å². The zero-order valence-corrected chi connectivity index (χ0v) is 9.03. The molecule has 0 N–H and O–H groups in total. The Labute approximate surface area is 98.9 Å². The van der Waals surface area contributed by atoms with E-state index in [1.807, 2.05) is 24.3 Å². The van der Waals surface area contributed by atoms with E-state index in [0.717, 1.165) is 16.7 Å². The number of hydrogen-bond acceptors (Lipinski definition) is 0. The van der Waals surface area contributed by atoms with E-state index < -0.39 is 6.43 Å². The first-order chi connectivity index (χ1) is 8.20. The van der Waals surface area contributed by atoms with Crippen LogP contribution in [0.5, 0.6) is 0 Å². The normalized spacial score (nSPS) is 10.2. The van der Waals surface area contributed by atoms with E-state index in [4.69, 9.17) is 6.42 Å². The molecule has 0 unspecified atom stereocenters. The van der Waals surface area contributed by atoms with Gasteiger partial charge in [0.15, 0.2) is 0 Å². The van der Waals surface area contributed by atoms with Crippen LogP contribution in [0.25, 0.3) is 11.1 Å². The van der Waals surface area contributed by atoms with E-state index in [1.54, 1.807) is 12.1 Å². The summed E-state index contributed by atoms with van der Waals surface area (Å²) < 4.78 is 24.8. The van der Waals surface area contributed by atoms with Gasteiger partial charge < -0.3 is 0 Å². The molecule has 0 radical (unpaired) electrons. The lowest BCUT2D eigenvalue weighted by Gasteiger charge is -2.04. The average Bonchev–Trinajstić information content (AvgIpc) is 2.39. The van der Waals surface area contributed by atoms with Gasteiger partial charge in [-0.2, -0.15) is 0 Å². The molecule has 0 spiro atoms. The maximum atomic E-state index is 12.4. The highest BCUT2D eigenvalue weighted by Gasteiger charge is 2.06. The summed E-state index contributed by atoms with van der Waals surface area (Å²) in [6.07, 6.45) is 2.84. The molecule has 2 rings (SSSR count). The molecule has 0 aliphatic carbocycles. The Morgan fingerprint density at radius 1 is 0.824 bits per heavy atom. The van der Waals surface area contributed by atoms with Gasteiger partial charge in [-0.15, -0.1) is 6.42 Å². The molecule has 2 aromatic rings. The van der Waals surface area contributed by atoms with Crippen LogP contribution in [0.1, 0.15) is 17.6 Å². The van der Waals surface area contributed by atoms with Crippen molar-refractivity contribution in [3.8, 4) is 23.5 Å². The molecule has 0 aliphatic heterocycles. The first-order valence-electron chi connectivity index (χ1n) is 5.16. The summed E-state index contributed by atoms with van der Waals surface area (Å²) in [5.74, 6) is 2.53. The number of hydrogen-bond donors (Lipinski definition) is 0. The van der Waals surface area contributed by atoms with Gasteiger partial charge in [-0.05, 0) is 23.3 Å². The fraction of sp³-hybridized carbons (Fsp3) is 0.0667. The molecule has 0 bridgehead atoms. The van der Waals surface area contributed by atoms with Gasteiger partial charge in [0.2, 0.25) is 0 Å². The molecule has 0 fully saturated rings. The number of terminal acetylenes is 1. The molecule has 0 nitrogen and oxygen atoms in total. The lowest BCUT2D eigenvalue weighted by molar-refractivity contribution is 0.151. The predicted octanol–water partition coefficient (Wildman–Crippen LogP) is 4.27. The summed E-state index contributed by atoms with van der Waals surface area (Å²) in [7, 11) is 0. The highest BCUT2D eigenvalue weighted by atomic mass is 19.3. The third-order valence-corrected chi connectivity index (χ3v) is 2.55. The van der Waals surface area contributed by atoms with Gasteiger partial charge in [0.1, 0.15) is 0 Å². The molecule has 0 atom stereocenters. The summed E-state index contributed by atoms with van der Waals surface area (Å²) in [6.45, 7) is 0. The number of rotatable bonds is 2. The smallest absolute Gasteiger partial charge is 0.205 e. The van der Waals surface area contributed by atoms with E-state index >= 15 is 0 Å². The maximum absolute atomic E-state index is 12.4. The zero-order chi connectivity index (χ0) is 12.3. The second kappa shape index (κ2) is 4.80. The standard InChI is InChI=1S/C15H10F2/c1-2-11-3-5-12(6-4-11)13-7-9-14(10-8-13)15(16)17/h1,3-10,15H. The van der Waals surface area contributed by atoms with Gasteiger partial charge in [0, 0.05) is 11.1 Å². The third-order valence-electron chi connectivity index (χ3n) is 2.55. The van der Waals surface area contributed by atoms with Crippen LogP contribution in [0.2, 0.25) is 0 Å². The van der Waals surface area contributed by atoms with Crippen LogP contribution in [0, 0.1) is 12.3 Å². The molecular formula is C15H10F2. The second-order valence-electron chi connectivity index (χ2n) is 3.64. The Morgan fingerprint density at radius 2 is 1.29 bits per heavy atom. The van der Waals surface area contributed by atoms with Crippen molar-refractivity contribution in [3.63, 3.8) is 0 Å². The number of alkyl halides is 2. The van der Waals surface area contributed by atoms with Crippen LogP contribution in [0.3, 0.4) is 0 Å². The van der Waals surface area contributed by atoms with Crippen molar-refractivity contribution in [1.82, 2.24) is 0 Å². The monoisotopic (exact) mass is 228 g/mol. The molecule has 0 saturated carbocycles. The van der Waals surface area contributed by atoms with Crippen LogP contribution in [0.4, 0.5) is 8.78 Å². The van der Waals surface area contributed by atoms with Crippen LogP contribution in [-0.4, -0.2) is 0 Å². The average molecular weight is 228 g/mol. The summed E-state index contributed by atoms with van der Waals surface area (Å²) in [5.41, 5.74) is 2.70. The zero-order valence-electron chi connectivity index (χ0n) is 9.03. The van der Waals surface area contributed by atoms with Crippen molar-refractivity contribution < 1.29 is 8.78 Å². The predicted molar refractivity (Wildman–Crippen MR) is 64.8 cm³/mol. The van der Waals surface area contributed by atoms with Gasteiger partial charge in [-0.1, -0.05) is 42.3 Å². The highest BCUT2D eigenvalue weighted by Crippen LogP contribution is 2.24. The lowest BCUT2D eigenvalue weighted by atomic mass is 10.0. The minimum absolute atomic E-state index is 0.0361. The summed E-state index contributed by atoms with van der Waals surface area (Å²) >= 11 is 0. The van der Waals surface area contributed by atoms with E-state index in [-0.39, 0.29) is 5.56 Å². The molecule has 0 amide bonds. The molecule has 17 heavy (non-hydrogen) atoms. The molecule has 0 aliphatic rings. The molecule has 2 aromatic carbocycles. The first-order valence-corrected chi connectivity index (χ1v) is 5.16. The first kappa shape index (κ1) is 11.3. The Bertz CT molecular complexity index is 531. The minimum atomic E-state index is -2.42. The molecular weight excluding hydrogens is 218 g/mol. The van der Waals surface area contributed by atoms with Crippen molar-refractivity contribution >= 4 is 0 Å². The van der Waals surface area contributed by atoms with Crippen LogP contribution in [-0.2, 0) is 0 Å². The Balaban J connectivity index is 2.30. The number of halogens is 2. The SMILES string of the molecule is C#Cc1ccc(-c2ccc(C(F)F)cc2)cc1. The van der Waals surface area contributed by atoms with Gasteiger partial charge in [-0.25, -0.2) is 8.78 Å². The Morgan fingerprint density at radius 3 is 1.71 bits per heavy atom. The van der Waals surface area contributed by atoms with Gasteiger partial charge in [-0.3, -0.25) is 0 Å². The van der Waals surface area contributed by atoms with Crippen molar-refractivity contribution in [2.75, 3.05) is 0 Å². The molecule has 0 heterocycles. The largest absolute Gasteiger partial charge is 0.263 e. The molecule has 2 heteroatoms. The van der Waals surface area contributed by atoms with Crippen molar-refractivity contribution in [3.05, 3.63) is 59.7 Å². The van der Waals surface area contributed by atoms with Gasteiger partial charge in [0.25, 0.3) is 6.43 Å². The van der Waals surface area contributed by atoms with Crippen LogP contribution < -0.4 is 0 Å². The van der Waals surface area contributed by atoms with Crippen molar-refractivity contribution in [2.45, 2.75) is 6.43 Å². The van der Waals surface area contributed by atoms with Gasteiger partial charge >= 0.3 is 0 Å². The van der Waals surface area contributed by atoms with Crippen molar-refractivity contribution in [2.24, 2.45) is 0 Å². The van der Waals surface area contributed by atoms with Crippen LogP contribution in [0.15, 0.2) is 48.5 Å². The Hall–Kier alpha value is -2.14. The maximum Gasteiger partial charge on any atom is 0.263 e. The lowest BCUT2D eigenvalue weighted by Crippen LogP contribution is -1.84.